The topological polar surface area (TPSA) is 165 Å². The summed E-state index contributed by atoms with van der Waals surface area (Å²) in [4.78, 5) is 25.3. The van der Waals surface area contributed by atoms with Crippen molar-refractivity contribution in [1.82, 2.24) is 19.8 Å². The molecule has 14 heteroatoms. The molecule has 2 aromatic heterocycles. The number of sulfonamides is 1. The third-order valence-corrected chi connectivity index (χ3v) is 7.75. The highest BCUT2D eigenvalue weighted by Gasteiger charge is 2.38. The van der Waals surface area contributed by atoms with E-state index in [1.165, 1.54) is 24.5 Å². The fourth-order valence-electron chi connectivity index (χ4n) is 3.70. The van der Waals surface area contributed by atoms with Gasteiger partial charge < -0.3 is 15.6 Å². The van der Waals surface area contributed by atoms with Gasteiger partial charge in [-0.25, -0.2) is 27.2 Å². The number of amides is 1. The number of aliphatic imine (C=N–C) groups is 1. The highest BCUT2D eigenvalue weighted by Crippen LogP contribution is 2.27. The Kier molecular flexibility index (Phi) is 8.87. The number of hydrogen-bond acceptors (Lipinski definition) is 10. The number of benzene rings is 1. The zero-order valence-corrected chi connectivity index (χ0v) is 22.7. The molecule has 4 N–H and O–H groups in total. The molecule has 0 aliphatic heterocycles. The van der Waals surface area contributed by atoms with Crippen LogP contribution in [0.4, 0.5) is 14.6 Å². The summed E-state index contributed by atoms with van der Waals surface area (Å²) in [5.74, 6) is -2.56. The molecular weight excluding hydrogens is 544 g/mol. The molecule has 0 spiro atoms. The highest BCUT2D eigenvalue weighted by atomic mass is 32.2. The smallest absolute Gasteiger partial charge is 0.255 e. The Labute approximate surface area is 230 Å². The average Bonchev–Trinajstić information content (AvgIpc) is 3.63. The van der Waals surface area contributed by atoms with Gasteiger partial charge in [0.2, 0.25) is 10.0 Å². The predicted molar refractivity (Wildman–Crippen MR) is 144 cm³/mol. The van der Waals surface area contributed by atoms with Crippen LogP contribution in [0.1, 0.15) is 50.2 Å². The van der Waals surface area contributed by atoms with E-state index in [9.17, 15) is 22.0 Å². The molecule has 0 bridgehead atoms. The van der Waals surface area contributed by atoms with Crippen LogP contribution in [-0.4, -0.2) is 46.5 Å². The Hall–Kier alpha value is -4.20. The highest BCUT2D eigenvalue weighted by molar-refractivity contribution is 7.90. The van der Waals surface area contributed by atoms with Crippen molar-refractivity contribution in [3.05, 3.63) is 77.6 Å². The zero-order chi connectivity index (χ0) is 28.9. The molecule has 3 aromatic rings. The predicted octanol–water partition coefficient (Wildman–Crippen LogP) is 3.17. The van der Waals surface area contributed by atoms with Gasteiger partial charge in [-0.3, -0.25) is 14.5 Å². The fourth-order valence-corrected chi connectivity index (χ4v) is 5.05. The number of halogens is 2. The van der Waals surface area contributed by atoms with Crippen LogP contribution in [-0.2, 0) is 21.4 Å². The first-order valence-electron chi connectivity index (χ1n) is 12.5. The van der Waals surface area contributed by atoms with E-state index in [-0.39, 0.29) is 41.9 Å². The van der Waals surface area contributed by atoms with Crippen LogP contribution in [0.25, 0.3) is 5.70 Å². The lowest BCUT2D eigenvalue weighted by Gasteiger charge is -2.21. The van der Waals surface area contributed by atoms with Crippen molar-refractivity contribution in [3.63, 3.8) is 0 Å². The van der Waals surface area contributed by atoms with Gasteiger partial charge in [-0.05, 0) is 37.3 Å². The first kappa shape index (κ1) is 28.8. The van der Waals surface area contributed by atoms with Crippen molar-refractivity contribution in [1.29, 1.82) is 0 Å². The number of rotatable bonds is 12. The zero-order valence-electron chi connectivity index (χ0n) is 21.8. The van der Waals surface area contributed by atoms with E-state index in [0.29, 0.717) is 24.1 Å². The molecule has 2 heterocycles. The molecule has 0 radical (unpaired) electrons. The minimum Gasteiger partial charge on any atom is -0.396 e. The van der Waals surface area contributed by atoms with Crippen molar-refractivity contribution in [3.8, 4) is 0 Å². The number of carbonyl (C=O) groups excluding carboxylic acids is 1. The van der Waals surface area contributed by atoms with Gasteiger partial charge in [-0.15, -0.1) is 0 Å². The number of anilines is 1. The lowest BCUT2D eigenvalue weighted by molar-refractivity contribution is -0.120. The largest absolute Gasteiger partial charge is 0.396 e. The van der Waals surface area contributed by atoms with Crippen LogP contribution in [0.15, 0.2) is 58.4 Å². The molecule has 0 unspecified atom stereocenters. The maximum Gasteiger partial charge on any atom is 0.255 e. The van der Waals surface area contributed by atoms with E-state index in [1.54, 1.807) is 18.2 Å². The molecule has 1 aliphatic rings. The maximum atomic E-state index is 14.7. The van der Waals surface area contributed by atoms with Crippen LogP contribution in [0.5, 0.6) is 0 Å². The summed E-state index contributed by atoms with van der Waals surface area (Å²) in [6.45, 7) is 3.66. The van der Waals surface area contributed by atoms with Crippen LogP contribution < -0.4 is 15.8 Å². The number of nitrogens with one attached hydrogen (secondary N) is 2. The van der Waals surface area contributed by atoms with Gasteiger partial charge in [0, 0.05) is 11.6 Å². The second-order valence-corrected chi connectivity index (χ2v) is 11.7. The van der Waals surface area contributed by atoms with Crippen LogP contribution in [0, 0.1) is 17.6 Å². The molecule has 1 fully saturated rings. The molecule has 0 saturated heterocycles. The summed E-state index contributed by atoms with van der Waals surface area (Å²) in [6, 6.07) is 6.60. The monoisotopic (exact) mass is 573 g/mol. The van der Waals surface area contributed by atoms with Gasteiger partial charge in [0.25, 0.3) is 5.91 Å². The summed E-state index contributed by atoms with van der Waals surface area (Å²) in [5, 5.41) is 5.97. The Balaban J connectivity index is 1.59. The van der Waals surface area contributed by atoms with Gasteiger partial charge in [-0.2, -0.15) is 0 Å². The third-order valence-electron chi connectivity index (χ3n) is 5.91. The Bertz CT molecular complexity index is 1520. The molecular formula is C26H29F2N7O4S. The summed E-state index contributed by atoms with van der Waals surface area (Å²) in [6.07, 6.45) is 4.77. The summed E-state index contributed by atoms with van der Waals surface area (Å²) < 4.78 is 60.4. The van der Waals surface area contributed by atoms with Crippen molar-refractivity contribution in [2.75, 3.05) is 5.32 Å². The van der Waals surface area contributed by atoms with Gasteiger partial charge in [-0.1, -0.05) is 37.2 Å². The Morgan fingerprint density at radius 1 is 1.23 bits per heavy atom. The quantitative estimate of drug-likeness (QED) is 0.276. The first-order valence-corrected chi connectivity index (χ1v) is 14.1. The molecule has 40 heavy (non-hydrogen) atoms. The van der Waals surface area contributed by atoms with Crippen LogP contribution in [0.3, 0.4) is 0 Å². The molecule has 1 saturated carbocycles. The van der Waals surface area contributed by atoms with Crippen molar-refractivity contribution < 1.29 is 26.5 Å². The normalized spacial score (nSPS) is 15.2. The van der Waals surface area contributed by atoms with Crippen molar-refractivity contribution in [2.24, 2.45) is 16.6 Å². The molecule has 212 valence electrons. The van der Waals surface area contributed by atoms with Gasteiger partial charge in [0.15, 0.2) is 17.5 Å². The number of allylic oxidation sites excluding steroid dienone is 1. The number of nitrogens with zero attached hydrogens (tertiary/aromatic N) is 4. The molecule has 1 aliphatic carbocycles. The fraction of sp³-hybridized carbons (Fsp3) is 0.346. The van der Waals surface area contributed by atoms with Crippen LogP contribution in [0.2, 0.25) is 0 Å². The number of hydrogen-bond donors (Lipinski definition) is 3. The Morgan fingerprint density at radius 2 is 1.98 bits per heavy atom. The molecule has 1 amide bonds. The van der Waals surface area contributed by atoms with E-state index in [4.69, 9.17) is 10.3 Å². The van der Waals surface area contributed by atoms with E-state index in [0.717, 1.165) is 6.20 Å². The van der Waals surface area contributed by atoms with Crippen molar-refractivity contribution in [2.45, 2.75) is 50.9 Å². The second-order valence-electron chi connectivity index (χ2n) is 9.70. The minimum atomic E-state index is -3.80. The van der Waals surface area contributed by atoms with Crippen LogP contribution >= 0.6 is 0 Å². The molecule has 11 nitrogen and oxygen atoms in total. The number of carbonyl (C=O) groups is 1. The minimum absolute atomic E-state index is 0.0223. The lowest BCUT2D eigenvalue weighted by Crippen LogP contribution is -2.44. The number of nitrogens with two attached hydrogens (primary N) is 1. The van der Waals surface area contributed by atoms with Gasteiger partial charge in [0.05, 0.1) is 29.4 Å². The van der Waals surface area contributed by atoms with Crippen molar-refractivity contribution >= 4 is 33.2 Å². The summed E-state index contributed by atoms with van der Waals surface area (Å²) >= 11 is 0. The van der Waals surface area contributed by atoms with E-state index >= 15 is 0 Å². The molecule has 1 atom stereocenters. The SMILES string of the molecule is CC(C)C[C@@H](Nc1nc(C(N)=CC(=NCc2ccccc2F)c2ccon2)ncc1F)C(=O)NS(=O)(=O)C1CC1. The van der Waals surface area contributed by atoms with E-state index < -0.39 is 38.9 Å². The maximum absolute atomic E-state index is 14.7. The second kappa shape index (κ2) is 12.3. The average molecular weight is 574 g/mol. The van der Waals surface area contributed by atoms with Gasteiger partial charge in [0.1, 0.15) is 23.8 Å². The first-order chi connectivity index (χ1) is 19.0. The van der Waals surface area contributed by atoms with E-state index in [1.807, 2.05) is 13.8 Å². The van der Waals surface area contributed by atoms with E-state index in [2.05, 4.69) is 30.2 Å². The standard InChI is InChI=1S/C26H29F2N7O4S/c1-15(2)11-23(26(36)35-40(37,38)17-7-8-17)32-24-19(28)14-31-25(33-24)20(29)12-22(21-9-10-39-34-21)30-13-16-5-3-4-6-18(16)27/h3-6,9-10,12,14-15,17,23H,7-8,11,13,29H2,1-2H3,(H,35,36)(H,31,32,33)/t23-/m1/s1. The third kappa shape index (κ3) is 7.46. The Morgan fingerprint density at radius 3 is 2.62 bits per heavy atom. The lowest BCUT2D eigenvalue weighted by atomic mass is 10.0. The summed E-state index contributed by atoms with van der Waals surface area (Å²) in [7, 11) is -3.80. The molecule has 1 aromatic carbocycles. The summed E-state index contributed by atoms with van der Waals surface area (Å²) in [5.41, 5.74) is 7.09. The number of aromatic nitrogens is 3. The molecule has 4 rings (SSSR count). The van der Waals surface area contributed by atoms with Gasteiger partial charge >= 0.3 is 0 Å².